The van der Waals surface area contributed by atoms with Gasteiger partial charge in [0.1, 0.15) is 6.10 Å². The molecule has 64 heavy (non-hydrogen) atoms. The first-order valence-electron chi connectivity index (χ1n) is 25.0. The maximum atomic E-state index is 12.6. The molecule has 0 aromatic heterocycles. The quantitative estimate of drug-likeness (QED) is 0.0268. The van der Waals surface area contributed by atoms with Crippen LogP contribution in [0.1, 0.15) is 181 Å². The van der Waals surface area contributed by atoms with Gasteiger partial charge in [0, 0.05) is 19.6 Å². The number of hydrogen-bond donors (Lipinski definition) is 2. The van der Waals surface area contributed by atoms with Crippen molar-refractivity contribution < 1.29 is 32.8 Å². The number of carbonyl (C=O) groups is 1. The molecule has 0 bridgehead atoms. The Kier molecular flexibility index (Phi) is 48.4. The van der Waals surface area contributed by atoms with Crippen molar-refractivity contribution in [3.63, 3.8) is 0 Å². The van der Waals surface area contributed by atoms with Crippen molar-refractivity contribution in [2.45, 2.75) is 187 Å². The molecule has 0 aromatic carbocycles. The fourth-order valence-electron chi connectivity index (χ4n) is 6.22. The number of carbonyl (C=O) groups excluding carboxylic acids is 1. The van der Waals surface area contributed by atoms with Crippen LogP contribution in [0.25, 0.3) is 0 Å². The van der Waals surface area contributed by atoms with Gasteiger partial charge in [-0.05, 0) is 109 Å². The van der Waals surface area contributed by atoms with E-state index in [-0.39, 0.29) is 38.8 Å². The van der Waals surface area contributed by atoms with Gasteiger partial charge in [0.25, 0.3) is 0 Å². The number of hydrogen-bond acceptors (Lipinski definition) is 7. The monoisotopic (exact) mass is 910 g/mol. The summed E-state index contributed by atoms with van der Waals surface area (Å²) in [5, 5.41) is 0. The van der Waals surface area contributed by atoms with E-state index in [2.05, 4.69) is 135 Å². The van der Waals surface area contributed by atoms with E-state index in [4.69, 9.17) is 24.3 Å². The van der Waals surface area contributed by atoms with E-state index in [1.54, 1.807) is 0 Å². The van der Waals surface area contributed by atoms with Crippen molar-refractivity contribution in [3.8, 4) is 0 Å². The summed E-state index contributed by atoms with van der Waals surface area (Å²) in [5.74, 6) is -0.357. The molecule has 8 nitrogen and oxygen atoms in total. The largest absolute Gasteiger partial charge is 0.472 e. The van der Waals surface area contributed by atoms with Crippen molar-refractivity contribution in [1.29, 1.82) is 0 Å². The first kappa shape index (κ1) is 60.9. The smallest absolute Gasteiger partial charge is 0.457 e. The number of phosphoric ester groups is 1. The molecule has 9 heteroatoms. The SMILES string of the molecule is CC/C=C\C/C=C\C/C=C\C/C=C\C/C=C\C/C=C\C/C=C\CCCCCCOCC(COP(=O)(O)OCCN)OC(=O)CCCCCCCC/C=C\C/C=C\C/C=C\CCCCC. The zero-order valence-corrected chi connectivity index (χ0v) is 41.4. The van der Waals surface area contributed by atoms with Gasteiger partial charge in [0.05, 0.1) is 19.8 Å². The van der Waals surface area contributed by atoms with Crippen molar-refractivity contribution in [2.75, 3.05) is 33.0 Å². The second kappa shape index (κ2) is 50.9. The van der Waals surface area contributed by atoms with Crippen LogP contribution in [0.5, 0.6) is 0 Å². The van der Waals surface area contributed by atoms with Crippen molar-refractivity contribution in [1.82, 2.24) is 0 Å². The van der Waals surface area contributed by atoms with Crippen LogP contribution < -0.4 is 5.73 Å². The minimum absolute atomic E-state index is 0.0846. The van der Waals surface area contributed by atoms with Gasteiger partial charge in [0.2, 0.25) is 0 Å². The van der Waals surface area contributed by atoms with Gasteiger partial charge in [0.15, 0.2) is 0 Å². The van der Waals surface area contributed by atoms with Crippen LogP contribution in [0, 0.1) is 0 Å². The molecular weight excluding hydrogens is 818 g/mol. The van der Waals surface area contributed by atoms with Crippen molar-refractivity contribution >= 4 is 13.8 Å². The van der Waals surface area contributed by atoms with Crippen LogP contribution in [-0.2, 0) is 27.9 Å². The lowest BCUT2D eigenvalue weighted by atomic mass is 10.1. The summed E-state index contributed by atoms with van der Waals surface area (Å²) in [5.41, 5.74) is 5.38. The molecule has 0 aliphatic heterocycles. The Morgan fingerprint density at radius 1 is 0.484 bits per heavy atom. The fourth-order valence-corrected chi connectivity index (χ4v) is 6.98. The third kappa shape index (κ3) is 49.9. The molecule has 0 radical (unpaired) electrons. The summed E-state index contributed by atoms with van der Waals surface area (Å²) in [6.07, 6.45) is 70.8. The van der Waals surface area contributed by atoms with E-state index in [0.717, 1.165) is 122 Å². The second-order valence-corrected chi connectivity index (χ2v) is 17.4. The van der Waals surface area contributed by atoms with Crippen LogP contribution in [0.2, 0.25) is 0 Å². The maximum absolute atomic E-state index is 12.6. The fraction of sp³-hybridized carbons (Fsp3) is 0.618. The highest BCUT2D eigenvalue weighted by atomic mass is 31.2. The molecule has 0 spiro atoms. The van der Waals surface area contributed by atoms with Crippen LogP contribution in [0.15, 0.2) is 122 Å². The molecule has 364 valence electrons. The molecule has 0 amide bonds. The van der Waals surface area contributed by atoms with Crippen molar-refractivity contribution in [2.24, 2.45) is 5.73 Å². The van der Waals surface area contributed by atoms with Crippen LogP contribution >= 0.6 is 7.82 Å². The van der Waals surface area contributed by atoms with E-state index in [0.29, 0.717) is 6.61 Å². The van der Waals surface area contributed by atoms with Gasteiger partial charge in [-0.3, -0.25) is 13.8 Å². The minimum Gasteiger partial charge on any atom is -0.457 e. The van der Waals surface area contributed by atoms with Gasteiger partial charge >= 0.3 is 13.8 Å². The van der Waals surface area contributed by atoms with Crippen molar-refractivity contribution in [3.05, 3.63) is 122 Å². The molecular formula is C55H92NO7P. The van der Waals surface area contributed by atoms with E-state index in [9.17, 15) is 14.3 Å². The Bertz CT molecular complexity index is 1390. The summed E-state index contributed by atoms with van der Waals surface area (Å²) in [7, 11) is -4.30. The maximum Gasteiger partial charge on any atom is 0.472 e. The second-order valence-electron chi connectivity index (χ2n) is 15.9. The highest BCUT2D eigenvalue weighted by Gasteiger charge is 2.25. The molecule has 0 heterocycles. The zero-order valence-electron chi connectivity index (χ0n) is 40.5. The van der Waals surface area contributed by atoms with Gasteiger partial charge in [-0.15, -0.1) is 0 Å². The summed E-state index contributed by atoms with van der Waals surface area (Å²) in [4.78, 5) is 22.6. The number of phosphoric acid groups is 1. The predicted octanol–water partition coefficient (Wildman–Crippen LogP) is 15.8. The summed E-state index contributed by atoms with van der Waals surface area (Å²) in [6, 6.07) is 0. The Morgan fingerprint density at radius 2 is 0.875 bits per heavy atom. The Labute approximate surface area is 392 Å². The Balaban J connectivity index is 4.10. The number of allylic oxidation sites excluding steroid dienone is 20. The summed E-state index contributed by atoms with van der Waals surface area (Å²) < 4.78 is 33.5. The average molecular weight is 910 g/mol. The average Bonchev–Trinajstić information content (AvgIpc) is 3.29. The molecule has 0 saturated carbocycles. The number of nitrogens with two attached hydrogens (primary N) is 1. The number of unbranched alkanes of at least 4 members (excludes halogenated alkanes) is 13. The highest BCUT2D eigenvalue weighted by molar-refractivity contribution is 7.47. The van der Waals surface area contributed by atoms with Crippen LogP contribution in [0.3, 0.4) is 0 Å². The van der Waals surface area contributed by atoms with E-state index in [1.807, 2.05) is 0 Å². The Hall–Kier alpha value is -3.10. The van der Waals surface area contributed by atoms with E-state index < -0.39 is 13.9 Å². The molecule has 2 atom stereocenters. The molecule has 0 aliphatic carbocycles. The lowest BCUT2D eigenvalue weighted by Gasteiger charge is -2.20. The predicted molar refractivity (Wildman–Crippen MR) is 274 cm³/mol. The van der Waals surface area contributed by atoms with Gasteiger partial charge in [-0.25, -0.2) is 4.57 Å². The first-order chi connectivity index (χ1) is 31.4. The lowest BCUT2D eigenvalue weighted by molar-refractivity contribution is -0.154. The zero-order chi connectivity index (χ0) is 46.5. The van der Waals surface area contributed by atoms with Crippen LogP contribution in [0.4, 0.5) is 0 Å². The lowest BCUT2D eigenvalue weighted by Crippen LogP contribution is -2.28. The number of rotatable bonds is 46. The van der Waals surface area contributed by atoms with Gasteiger partial charge < -0.3 is 20.1 Å². The first-order valence-corrected chi connectivity index (χ1v) is 26.5. The molecule has 2 unspecified atom stereocenters. The highest BCUT2D eigenvalue weighted by Crippen LogP contribution is 2.43. The number of esters is 1. The standard InChI is InChI=1S/C55H92NO7P/c1-3-5-7-9-11-13-15-17-19-21-23-24-25-26-27-28-29-31-33-35-37-39-41-43-45-47-50-60-52-54(53-62-64(58,59)61-51-49-56)63-55(57)48-46-44-42-40-38-36-34-32-30-22-20-18-16-14-12-10-8-6-4-2/h5,7,11-14,17-20,23-24,26-27,29-32,35,37,54H,3-4,6,8-10,15-16,21-22,25,28,33-34,36,38-53,56H2,1-2H3,(H,58,59)/b7-5-,13-11-,14-12-,19-17-,20-18-,24-23-,27-26-,31-29-,32-30-,37-35-. The summed E-state index contributed by atoms with van der Waals surface area (Å²) >= 11 is 0. The summed E-state index contributed by atoms with van der Waals surface area (Å²) in [6.45, 7) is 4.67. The third-order valence-corrected chi connectivity index (χ3v) is 10.8. The van der Waals surface area contributed by atoms with E-state index in [1.165, 1.54) is 38.5 Å². The normalized spacial score (nSPS) is 14.4. The third-order valence-electron chi connectivity index (χ3n) is 9.86. The molecule has 0 rings (SSSR count). The minimum atomic E-state index is -4.30. The topological polar surface area (TPSA) is 117 Å². The molecule has 3 N–H and O–H groups in total. The molecule has 0 aliphatic rings. The van der Waals surface area contributed by atoms with Gasteiger partial charge in [-0.2, -0.15) is 0 Å². The molecule has 0 fully saturated rings. The van der Waals surface area contributed by atoms with Gasteiger partial charge in [-0.1, -0.05) is 187 Å². The Morgan fingerprint density at radius 3 is 1.31 bits per heavy atom. The molecule has 0 aromatic rings. The van der Waals surface area contributed by atoms with E-state index >= 15 is 0 Å². The van der Waals surface area contributed by atoms with Crippen LogP contribution in [-0.4, -0.2) is 49.9 Å². The number of ether oxygens (including phenoxy) is 2. The molecule has 0 saturated heterocycles.